The Morgan fingerprint density at radius 1 is 1.10 bits per heavy atom. The summed E-state index contributed by atoms with van der Waals surface area (Å²) in [5.74, 6) is 0.601. The average Bonchev–Trinajstić information content (AvgIpc) is 3.21. The second kappa shape index (κ2) is 8.62. The van der Waals surface area contributed by atoms with Crippen molar-refractivity contribution in [2.45, 2.75) is 13.5 Å². The van der Waals surface area contributed by atoms with Gasteiger partial charge in [-0.25, -0.2) is 0 Å². The molecule has 0 bridgehead atoms. The van der Waals surface area contributed by atoms with Crippen LogP contribution in [0.2, 0.25) is 0 Å². The molecule has 9 nitrogen and oxygen atoms in total. The second-order valence-electron chi connectivity index (χ2n) is 6.82. The maximum atomic E-state index is 12.9. The predicted octanol–water partition coefficient (Wildman–Crippen LogP) is 2.44. The zero-order chi connectivity index (χ0) is 21.8. The fraction of sp³-hybridized carbons (Fsp3) is 0.136. The highest BCUT2D eigenvalue weighted by Crippen LogP contribution is 2.26. The smallest absolute Gasteiger partial charge is 0.263 e. The van der Waals surface area contributed by atoms with Gasteiger partial charge in [-0.3, -0.25) is 9.59 Å². The molecule has 1 amide bonds. The van der Waals surface area contributed by atoms with Gasteiger partial charge in [-0.2, -0.15) is 4.68 Å². The molecule has 0 atom stereocenters. The zero-order valence-corrected chi connectivity index (χ0v) is 17.0. The molecule has 1 N–H and O–H groups in total. The molecule has 156 valence electrons. The summed E-state index contributed by atoms with van der Waals surface area (Å²) in [6, 6.07) is 17.9. The minimum atomic E-state index is -0.503. The van der Waals surface area contributed by atoms with E-state index < -0.39 is 5.91 Å². The molecule has 0 saturated carbocycles. The summed E-state index contributed by atoms with van der Waals surface area (Å²) in [6.07, 6.45) is 1.66. The number of rotatable bonds is 6. The first-order valence-electron chi connectivity index (χ1n) is 9.55. The number of tetrazole rings is 1. The summed E-state index contributed by atoms with van der Waals surface area (Å²) in [7, 11) is 1.54. The monoisotopic (exact) mass is 416 g/mol. The molecular weight excluding hydrogens is 396 g/mol. The SMILES string of the molecule is COc1ccc(NC(=O)c2cccn(Cc3ccccc3)c2=O)cc1-n1nnnc1C. The van der Waals surface area contributed by atoms with Crippen LogP contribution in [0.15, 0.2) is 71.7 Å². The lowest BCUT2D eigenvalue weighted by molar-refractivity contribution is 0.102. The Labute approximate surface area is 177 Å². The van der Waals surface area contributed by atoms with E-state index in [4.69, 9.17) is 4.74 Å². The van der Waals surface area contributed by atoms with Crippen LogP contribution in [0.4, 0.5) is 5.69 Å². The number of aromatic nitrogens is 5. The van der Waals surface area contributed by atoms with E-state index >= 15 is 0 Å². The van der Waals surface area contributed by atoms with Gasteiger partial charge in [0, 0.05) is 11.9 Å². The third kappa shape index (κ3) is 4.20. The molecule has 0 aliphatic carbocycles. The number of aryl methyl sites for hydroxylation is 1. The minimum absolute atomic E-state index is 0.0504. The van der Waals surface area contributed by atoms with Gasteiger partial charge in [-0.15, -0.1) is 5.10 Å². The standard InChI is InChI=1S/C22H20N6O3/c1-15-24-25-26-28(15)19-13-17(10-11-20(19)31-2)23-21(29)18-9-6-12-27(22(18)30)14-16-7-4-3-5-8-16/h3-13H,14H2,1-2H3,(H,23,29). The van der Waals surface area contributed by atoms with Crippen LogP contribution in [0.1, 0.15) is 21.7 Å². The molecule has 2 aromatic carbocycles. The normalized spacial score (nSPS) is 10.6. The van der Waals surface area contributed by atoms with Crippen molar-refractivity contribution >= 4 is 11.6 Å². The lowest BCUT2D eigenvalue weighted by Gasteiger charge is -2.12. The van der Waals surface area contributed by atoms with E-state index in [0.717, 1.165) is 5.56 Å². The van der Waals surface area contributed by atoms with E-state index in [1.54, 1.807) is 37.4 Å². The fourth-order valence-electron chi connectivity index (χ4n) is 3.20. The zero-order valence-electron chi connectivity index (χ0n) is 17.0. The number of nitrogens with zero attached hydrogens (tertiary/aromatic N) is 5. The van der Waals surface area contributed by atoms with Crippen LogP contribution in [0.3, 0.4) is 0 Å². The molecule has 0 radical (unpaired) electrons. The molecule has 4 aromatic rings. The number of ether oxygens (including phenoxy) is 1. The topological polar surface area (TPSA) is 104 Å². The first kappa shape index (κ1) is 20.0. The molecule has 4 rings (SSSR count). The third-order valence-corrected chi connectivity index (χ3v) is 4.75. The number of anilines is 1. The molecule has 2 aromatic heterocycles. The Bertz CT molecular complexity index is 1280. The van der Waals surface area contributed by atoms with Gasteiger partial charge in [-0.05, 0) is 53.2 Å². The van der Waals surface area contributed by atoms with E-state index in [1.807, 2.05) is 30.3 Å². The van der Waals surface area contributed by atoms with Crippen molar-refractivity contribution in [3.8, 4) is 11.4 Å². The number of amides is 1. The molecular formula is C22H20N6O3. The van der Waals surface area contributed by atoms with Gasteiger partial charge in [0.15, 0.2) is 5.82 Å². The molecule has 0 aliphatic rings. The Kier molecular flexibility index (Phi) is 5.57. The van der Waals surface area contributed by atoms with Crippen LogP contribution >= 0.6 is 0 Å². The molecule has 0 saturated heterocycles. The van der Waals surface area contributed by atoms with Crippen molar-refractivity contribution in [3.05, 3.63) is 94.2 Å². The van der Waals surface area contributed by atoms with E-state index in [2.05, 4.69) is 20.8 Å². The molecule has 31 heavy (non-hydrogen) atoms. The first-order chi connectivity index (χ1) is 15.1. The van der Waals surface area contributed by atoms with Crippen LogP contribution < -0.4 is 15.6 Å². The van der Waals surface area contributed by atoms with Crippen LogP contribution in [-0.2, 0) is 6.54 Å². The summed E-state index contributed by atoms with van der Waals surface area (Å²) in [5, 5.41) is 14.2. The van der Waals surface area contributed by atoms with Crippen molar-refractivity contribution in [2.24, 2.45) is 0 Å². The van der Waals surface area contributed by atoms with E-state index in [-0.39, 0.29) is 11.1 Å². The molecule has 0 unspecified atom stereocenters. The van der Waals surface area contributed by atoms with Gasteiger partial charge in [-0.1, -0.05) is 30.3 Å². The van der Waals surface area contributed by atoms with Gasteiger partial charge in [0.2, 0.25) is 0 Å². The highest BCUT2D eigenvalue weighted by Gasteiger charge is 2.15. The number of carbonyl (C=O) groups is 1. The quantitative estimate of drug-likeness (QED) is 0.518. The third-order valence-electron chi connectivity index (χ3n) is 4.75. The summed E-state index contributed by atoms with van der Waals surface area (Å²) in [4.78, 5) is 25.7. The van der Waals surface area contributed by atoms with E-state index in [1.165, 1.54) is 22.4 Å². The number of pyridine rings is 1. The first-order valence-corrected chi connectivity index (χ1v) is 9.55. The molecule has 0 fully saturated rings. The van der Waals surface area contributed by atoms with Crippen molar-refractivity contribution in [2.75, 3.05) is 12.4 Å². The Morgan fingerprint density at radius 3 is 2.61 bits per heavy atom. The molecule has 0 aliphatic heterocycles. The van der Waals surface area contributed by atoms with Crippen molar-refractivity contribution in [3.63, 3.8) is 0 Å². The molecule has 2 heterocycles. The number of carbonyl (C=O) groups excluding carboxylic acids is 1. The van der Waals surface area contributed by atoms with E-state index in [0.29, 0.717) is 29.5 Å². The maximum Gasteiger partial charge on any atom is 0.263 e. The Morgan fingerprint density at radius 2 is 1.90 bits per heavy atom. The van der Waals surface area contributed by atoms with Crippen LogP contribution in [0.5, 0.6) is 5.75 Å². The van der Waals surface area contributed by atoms with Crippen molar-refractivity contribution < 1.29 is 9.53 Å². The van der Waals surface area contributed by atoms with Gasteiger partial charge < -0.3 is 14.6 Å². The summed E-state index contributed by atoms with van der Waals surface area (Å²) in [5.41, 5.74) is 1.70. The second-order valence-corrected chi connectivity index (χ2v) is 6.82. The molecule has 9 heteroatoms. The summed E-state index contributed by atoms with van der Waals surface area (Å²) >= 11 is 0. The van der Waals surface area contributed by atoms with Gasteiger partial charge in [0.1, 0.15) is 17.0 Å². The van der Waals surface area contributed by atoms with Crippen LogP contribution in [-0.4, -0.2) is 37.8 Å². The average molecular weight is 416 g/mol. The van der Waals surface area contributed by atoms with Crippen molar-refractivity contribution in [1.29, 1.82) is 0 Å². The Balaban J connectivity index is 1.61. The number of nitrogens with one attached hydrogen (secondary N) is 1. The lowest BCUT2D eigenvalue weighted by atomic mass is 10.2. The van der Waals surface area contributed by atoms with Gasteiger partial charge >= 0.3 is 0 Å². The highest BCUT2D eigenvalue weighted by molar-refractivity contribution is 6.04. The maximum absolute atomic E-state index is 12.9. The largest absolute Gasteiger partial charge is 0.494 e. The summed E-state index contributed by atoms with van der Waals surface area (Å²) < 4.78 is 8.39. The lowest BCUT2D eigenvalue weighted by Crippen LogP contribution is -2.29. The molecule has 0 spiro atoms. The summed E-state index contributed by atoms with van der Waals surface area (Å²) in [6.45, 7) is 2.13. The number of methoxy groups -OCH3 is 1. The van der Waals surface area contributed by atoms with Crippen molar-refractivity contribution in [1.82, 2.24) is 24.8 Å². The number of hydrogen-bond acceptors (Lipinski definition) is 6. The van der Waals surface area contributed by atoms with Crippen LogP contribution in [0, 0.1) is 6.92 Å². The predicted molar refractivity (Wildman–Crippen MR) is 115 cm³/mol. The number of benzene rings is 2. The van der Waals surface area contributed by atoms with Gasteiger partial charge in [0.25, 0.3) is 11.5 Å². The highest BCUT2D eigenvalue weighted by atomic mass is 16.5. The van der Waals surface area contributed by atoms with Crippen LogP contribution in [0.25, 0.3) is 5.69 Å². The number of hydrogen-bond donors (Lipinski definition) is 1. The Hall–Kier alpha value is -4.27. The minimum Gasteiger partial charge on any atom is -0.494 e. The van der Waals surface area contributed by atoms with E-state index in [9.17, 15) is 9.59 Å². The fourth-order valence-corrected chi connectivity index (χ4v) is 3.20. The van der Waals surface area contributed by atoms with Gasteiger partial charge in [0.05, 0.1) is 13.7 Å².